The molecule has 2 aromatic carbocycles. The summed E-state index contributed by atoms with van der Waals surface area (Å²) < 4.78 is 7.39. The van der Waals surface area contributed by atoms with Gasteiger partial charge in [0, 0.05) is 11.1 Å². The number of aromatic nitrogens is 4. The van der Waals surface area contributed by atoms with Gasteiger partial charge in [-0.15, -0.1) is 27.5 Å². The second-order valence-corrected chi connectivity index (χ2v) is 8.09. The van der Waals surface area contributed by atoms with Gasteiger partial charge in [0.2, 0.25) is 0 Å². The maximum absolute atomic E-state index is 6.05. The summed E-state index contributed by atoms with van der Waals surface area (Å²) in [4.78, 5) is 0. The molecule has 152 valence electrons. The summed E-state index contributed by atoms with van der Waals surface area (Å²) in [7, 11) is 0. The monoisotopic (exact) mass is 416 g/mol. The average molecular weight is 417 g/mol. The topological polar surface area (TPSA) is 63.7 Å². The fourth-order valence-electron chi connectivity index (χ4n) is 3.52. The van der Waals surface area contributed by atoms with Crippen molar-refractivity contribution in [2.75, 3.05) is 0 Å². The summed E-state index contributed by atoms with van der Waals surface area (Å²) in [6.07, 6.45) is 2.91. The standard InChI is InChI=1S/C24H24N4OS/c1-3-5-19(14-24-25-27-28-26-24)18-8-10-21(11-9-18)29-15-17-7-12-23-22(13-17)20(6-4-2)16-30-23/h7-13,16,19H,4,6,14-15H2,1-2H3,(H,25,26,27,28)/t19-/m0/s1. The Morgan fingerprint density at radius 1 is 1.17 bits per heavy atom. The molecule has 2 aromatic heterocycles. The van der Waals surface area contributed by atoms with Crippen molar-refractivity contribution in [2.24, 2.45) is 0 Å². The Kier molecular flexibility index (Phi) is 6.41. The van der Waals surface area contributed by atoms with Crippen molar-refractivity contribution in [3.63, 3.8) is 0 Å². The van der Waals surface area contributed by atoms with Crippen LogP contribution >= 0.6 is 11.3 Å². The number of H-pyrrole nitrogens is 1. The summed E-state index contributed by atoms with van der Waals surface area (Å²) in [5, 5.41) is 17.8. The molecule has 4 rings (SSSR count). The van der Waals surface area contributed by atoms with Gasteiger partial charge < -0.3 is 4.74 Å². The first kappa shape index (κ1) is 20.1. The minimum absolute atomic E-state index is 0.0274. The molecule has 0 radical (unpaired) electrons. The first-order valence-electron chi connectivity index (χ1n) is 10.1. The predicted octanol–water partition coefficient (Wildman–Crippen LogP) is 5.30. The Hall–Kier alpha value is -3.17. The summed E-state index contributed by atoms with van der Waals surface area (Å²) in [5.74, 6) is 7.77. The van der Waals surface area contributed by atoms with Crippen LogP contribution in [0.2, 0.25) is 0 Å². The third-order valence-corrected chi connectivity index (χ3v) is 6.03. The first-order chi connectivity index (χ1) is 14.8. The van der Waals surface area contributed by atoms with Gasteiger partial charge in [-0.2, -0.15) is 5.21 Å². The molecule has 0 aliphatic heterocycles. The summed E-state index contributed by atoms with van der Waals surface area (Å²) in [6.45, 7) is 4.62. The van der Waals surface area contributed by atoms with Crippen LogP contribution < -0.4 is 4.74 Å². The van der Waals surface area contributed by atoms with Gasteiger partial charge in [0.05, 0.1) is 5.92 Å². The van der Waals surface area contributed by atoms with Crippen LogP contribution in [0.5, 0.6) is 5.75 Å². The van der Waals surface area contributed by atoms with Gasteiger partial charge >= 0.3 is 0 Å². The summed E-state index contributed by atoms with van der Waals surface area (Å²) in [6, 6.07) is 14.7. The Morgan fingerprint density at radius 2 is 2.03 bits per heavy atom. The predicted molar refractivity (Wildman–Crippen MR) is 121 cm³/mol. The van der Waals surface area contributed by atoms with E-state index in [-0.39, 0.29) is 5.92 Å². The smallest absolute Gasteiger partial charge is 0.176 e. The lowest BCUT2D eigenvalue weighted by Crippen LogP contribution is -2.03. The third-order valence-electron chi connectivity index (χ3n) is 5.02. The van der Waals surface area contributed by atoms with Crippen molar-refractivity contribution in [1.29, 1.82) is 0 Å². The van der Waals surface area contributed by atoms with E-state index < -0.39 is 0 Å². The molecule has 0 saturated heterocycles. The molecule has 6 heteroatoms. The van der Waals surface area contributed by atoms with Crippen LogP contribution in [0.25, 0.3) is 10.1 Å². The van der Waals surface area contributed by atoms with Crippen LogP contribution in [0.3, 0.4) is 0 Å². The molecular formula is C24H24N4OS. The highest BCUT2D eigenvalue weighted by atomic mass is 32.1. The van der Waals surface area contributed by atoms with Gasteiger partial charge in [0.25, 0.3) is 0 Å². The molecule has 0 bridgehead atoms. The molecule has 1 atom stereocenters. The van der Waals surface area contributed by atoms with Gasteiger partial charge in [-0.25, -0.2) is 0 Å². The molecule has 2 heterocycles. The molecule has 0 saturated carbocycles. The Labute approximate surface area is 180 Å². The SMILES string of the molecule is CC#C[C@@H](Cc1nn[nH]n1)c1ccc(OCc2ccc3scc(CCC)c3c2)cc1. The Bertz CT molecular complexity index is 1150. The molecule has 0 unspecified atom stereocenters. The third kappa shape index (κ3) is 4.69. The normalized spacial score (nSPS) is 11.8. The van der Waals surface area contributed by atoms with E-state index in [2.05, 4.69) is 75.1 Å². The molecular weight excluding hydrogens is 392 g/mol. The number of ether oxygens (including phenoxy) is 1. The molecule has 0 spiro atoms. The number of hydrogen-bond acceptors (Lipinski definition) is 5. The molecule has 5 nitrogen and oxygen atoms in total. The van der Waals surface area contributed by atoms with Crippen LogP contribution in [0, 0.1) is 11.8 Å². The molecule has 4 aromatic rings. The minimum Gasteiger partial charge on any atom is -0.489 e. The van der Waals surface area contributed by atoms with E-state index >= 15 is 0 Å². The van der Waals surface area contributed by atoms with Crippen LogP contribution in [0.1, 0.15) is 48.7 Å². The summed E-state index contributed by atoms with van der Waals surface area (Å²) >= 11 is 1.82. The number of fused-ring (bicyclic) bond motifs is 1. The largest absolute Gasteiger partial charge is 0.489 e. The molecule has 30 heavy (non-hydrogen) atoms. The van der Waals surface area contributed by atoms with E-state index in [1.165, 1.54) is 21.2 Å². The van der Waals surface area contributed by atoms with E-state index in [4.69, 9.17) is 4.74 Å². The maximum Gasteiger partial charge on any atom is 0.176 e. The Balaban J connectivity index is 1.43. The van der Waals surface area contributed by atoms with Crippen molar-refractivity contribution in [2.45, 2.75) is 45.6 Å². The van der Waals surface area contributed by atoms with Crippen LogP contribution in [-0.4, -0.2) is 20.6 Å². The number of hydrogen-bond donors (Lipinski definition) is 1. The van der Waals surface area contributed by atoms with Crippen molar-refractivity contribution in [3.05, 3.63) is 70.4 Å². The Morgan fingerprint density at radius 3 is 2.77 bits per heavy atom. The number of rotatable bonds is 8. The highest BCUT2D eigenvalue weighted by Crippen LogP contribution is 2.28. The van der Waals surface area contributed by atoms with Crippen LogP contribution in [-0.2, 0) is 19.4 Å². The fourth-order valence-corrected chi connectivity index (χ4v) is 4.50. The second kappa shape index (κ2) is 9.55. The number of tetrazole rings is 1. The molecule has 0 fully saturated rings. The van der Waals surface area contributed by atoms with Crippen molar-refractivity contribution in [1.82, 2.24) is 20.6 Å². The van der Waals surface area contributed by atoms with E-state index in [0.717, 1.165) is 24.2 Å². The summed E-state index contributed by atoms with van der Waals surface area (Å²) in [5.41, 5.74) is 3.74. The molecule has 0 aliphatic carbocycles. The fraction of sp³-hybridized carbons (Fsp3) is 0.292. The number of nitrogens with one attached hydrogen (secondary N) is 1. The van der Waals surface area contributed by atoms with Crippen LogP contribution in [0.4, 0.5) is 0 Å². The quantitative estimate of drug-likeness (QED) is 0.396. The average Bonchev–Trinajstić information content (AvgIpc) is 3.43. The number of nitrogens with zero attached hydrogens (tertiary/aromatic N) is 3. The zero-order chi connectivity index (χ0) is 20.8. The number of thiophene rings is 1. The first-order valence-corrected chi connectivity index (χ1v) is 11.0. The minimum atomic E-state index is 0.0274. The zero-order valence-electron chi connectivity index (χ0n) is 17.2. The lowest BCUT2D eigenvalue weighted by molar-refractivity contribution is 0.306. The zero-order valence-corrected chi connectivity index (χ0v) is 18.0. The van der Waals surface area contributed by atoms with Gasteiger partial charge in [-0.3, -0.25) is 0 Å². The highest BCUT2D eigenvalue weighted by molar-refractivity contribution is 7.17. The number of aromatic amines is 1. The van der Waals surface area contributed by atoms with Gasteiger partial charge in [0.15, 0.2) is 5.82 Å². The maximum atomic E-state index is 6.05. The van der Waals surface area contributed by atoms with Crippen molar-refractivity contribution >= 4 is 21.4 Å². The lowest BCUT2D eigenvalue weighted by atomic mass is 9.96. The van der Waals surface area contributed by atoms with Crippen molar-refractivity contribution < 1.29 is 4.74 Å². The van der Waals surface area contributed by atoms with Crippen LogP contribution in [0.15, 0.2) is 47.8 Å². The molecule has 0 aliphatic rings. The lowest BCUT2D eigenvalue weighted by Gasteiger charge is -2.11. The van der Waals surface area contributed by atoms with Gasteiger partial charge in [-0.05, 0) is 65.1 Å². The number of aryl methyl sites for hydroxylation is 1. The second-order valence-electron chi connectivity index (χ2n) is 7.18. The number of benzene rings is 2. The van der Waals surface area contributed by atoms with E-state index in [9.17, 15) is 0 Å². The van der Waals surface area contributed by atoms with E-state index in [1.807, 2.05) is 30.4 Å². The van der Waals surface area contributed by atoms with Gasteiger partial charge in [0.1, 0.15) is 12.4 Å². The van der Waals surface area contributed by atoms with Gasteiger partial charge in [-0.1, -0.05) is 42.7 Å². The van der Waals surface area contributed by atoms with E-state index in [1.54, 1.807) is 0 Å². The molecule has 0 amide bonds. The van der Waals surface area contributed by atoms with E-state index in [0.29, 0.717) is 18.9 Å². The highest BCUT2D eigenvalue weighted by Gasteiger charge is 2.13. The molecule has 1 N–H and O–H groups in total. The van der Waals surface area contributed by atoms with Crippen molar-refractivity contribution in [3.8, 4) is 17.6 Å².